The van der Waals surface area contributed by atoms with Crippen LogP contribution >= 0.6 is 11.8 Å². The Hall–Kier alpha value is -3.47. The molecule has 1 aliphatic heterocycles. The molecule has 2 amide bonds. The van der Waals surface area contributed by atoms with Crippen molar-refractivity contribution in [1.29, 1.82) is 0 Å². The van der Waals surface area contributed by atoms with Crippen LogP contribution in [0.4, 0.5) is 15.8 Å². The highest BCUT2D eigenvalue weighted by Crippen LogP contribution is 2.25. The van der Waals surface area contributed by atoms with Crippen molar-refractivity contribution < 1.29 is 28.4 Å². The molecule has 0 spiro atoms. The first-order valence-corrected chi connectivity index (χ1v) is 10.7. The SMILES string of the molecule is O=C(COC(=O)c1ccccc1SCC(=O)N1CCCC1)Nc1cc([N+](=O)[O-])ccc1F. The Morgan fingerprint density at radius 3 is 2.59 bits per heavy atom. The average molecular weight is 461 g/mol. The summed E-state index contributed by atoms with van der Waals surface area (Å²) >= 11 is 1.21. The zero-order chi connectivity index (χ0) is 23.1. The number of nitro benzene ring substituents is 1. The topological polar surface area (TPSA) is 119 Å². The Bertz CT molecular complexity index is 1040. The molecule has 0 aliphatic carbocycles. The number of non-ortho nitro benzene ring substituents is 1. The normalized spacial score (nSPS) is 13.0. The number of hydrogen-bond acceptors (Lipinski definition) is 7. The minimum atomic E-state index is -0.861. The van der Waals surface area contributed by atoms with Gasteiger partial charge in [-0.25, -0.2) is 9.18 Å². The predicted octanol–water partition coefficient (Wildman–Crippen LogP) is 3.24. The first-order valence-electron chi connectivity index (χ1n) is 9.75. The van der Waals surface area contributed by atoms with Crippen LogP contribution in [0.15, 0.2) is 47.4 Å². The van der Waals surface area contributed by atoms with Gasteiger partial charge in [0.05, 0.1) is 21.9 Å². The number of likely N-dealkylation sites (tertiary alicyclic amines) is 1. The van der Waals surface area contributed by atoms with Crippen LogP contribution in [0.5, 0.6) is 0 Å². The van der Waals surface area contributed by atoms with E-state index in [0.29, 0.717) is 4.90 Å². The summed E-state index contributed by atoms with van der Waals surface area (Å²) in [5, 5.41) is 12.9. The standard InChI is InChI=1S/C21H20FN3O6S/c22-16-8-7-14(25(29)30)11-17(16)23-19(26)12-31-21(28)15-5-1-2-6-18(15)32-13-20(27)24-9-3-4-10-24/h1-2,5-8,11H,3-4,9-10,12-13H2,(H,23,26). The molecular formula is C21H20FN3O6S. The van der Waals surface area contributed by atoms with Crippen LogP contribution in [0.2, 0.25) is 0 Å². The van der Waals surface area contributed by atoms with E-state index in [1.165, 1.54) is 17.8 Å². The summed E-state index contributed by atoms with van der Waals surface area (Å²) in [5.41, 5.74) is -0.592. The molecule has 11 heteroatoms. The monoisotopic (exact) mass is 461 g/mol. The van der Waals surface area contributed by atoms with Crippen LogP contribution in [0.25, 0.3) is 0 Å². The van der Waals surface area contributed by atoms with Gasteiger partial charge in [0.15, 0.2) is 6.61 Å². The molecule has 1 saturated heterocycles. The zero-order valence-electron chi connectivity index (χ0n) is 16.9. The van der Waals surface area contributed by atoms with Gasteiger partial charge >= 0.3 is 5.97 Å². The van der Waals surface area contributed by atoms with E-state index in [1.54, 1.807) is 23.1 Å². The van der Waals surface area contributed by atoms with Gasteiger partial charge in [0.25, 0.3) is 11.6 Å². The molecule has 9 nitrogen and oxygen atoms in total. The number of carbonyl (C=O) groups excluding carboxylic acids is 3. The Labute approximate surface area is 187 Å². The van der Waals surface area contributed by atoms with Crippen LogP contribution in [0.3, 0.4) is 0 Å². The number of nitrogens with one attached hydrogen (secondary N) is 1. The molecule has 2 aromatic rings. The molecule has 0 atom stereocenters. The van der Waals surface area contributed by atoms with Crippen molar-refractivity contribution in [3.63, 3.8) is 0 Å². The number of carbonyl (C=O) groups is 3. The molecule has 2 aromatic carbocycles. The van der Waals surface area contributed by atoms with Crippen LogP contribution < -0.4 is 5.32 Å². The minimum Gasteiger partial charge on any atom is -0.452 e. The largest absolute Gasteiger partial charge is 0.452 e. The molecule has 0 bridgehead atoms. The Kier molecular flexibility index (Phi) is 7.77. The van der Waals surface area contributed by atoms with Crippen molar-refractivity contribution in [2.45, 2.75) is 17.7 Å². The van der Waals surface area contributed by atoms with E-state index in [-0.39, 0.29) is 17.2 Å². The molecular weight excluding hydrogens is 441 g/mol. The van der Waals surface area contributed by atoms with Crippen molar-refractivity contribution in [2.75, 3.05) is 30.8 Å². The fraction of sp³-hybridized carbons (Fsp3) is 0.286. The number of hydrogen-bond donors (Lipinski definition) is 1. The molecule has 1 aliphatic rings. The van der Waals surface area contributed by atoms with Gasteiger partial charge in [-0.05, 0) is 31.0 Å². The van der Waals surface area contributed by atoms with Crippen LogP contribution in [-0.2, 0) is 14.3 Å². The maximum Gasteiger partial charge on any atom is 0.339 e. The van der Waals surface area contributed by atoms with E-state index in [9.17, 15) is 28.9 Å². The van der Waals surface area contributed by atoms with Crippen LogP contribution in [0, 0.1) is 15.9 Å². The number of thioether (sulfide) groups is 1. The minimum absolute atomic E-state index is 0.00553. The van der Waals surface area contributed by atoms with E-state index in [0.717, 1.165) is 44.1 Å². The third-order valence-electron chi connectivity index (χ3n) is 4.69. The zero-order valence-corrected chi connectivity index (χ0v) is 17.7. The molecule has 168 valence electrons. The summed E-state index contributed by atoms with van der Waals surface area (Å²) < 4.78 is 18.8. The molecule has 0 unspecified atom stereocenters. The second kappa shape index (κ2) is 10.7. The summed E-state index contributed by atoms with van der Waals surface area (Å²) in [6.07, 6.45) is 1.98. The lowest BCUT2D eigenvalue weighted by Gasteiger charge is -2.15. The number of anilines is 1. The highest BCUT2D eigenvalue weighted by atomic mass is 32.2. The number of halogens is 1. The summed E-state index contributed by atoms with van der Waals surface area (Å²) in [5.74, 6) is -2.33. The number of nitro groups is 1. The fourth-order valence-electron chi connectivity index (χ4n) is 3.08. The summed E-state index contributed by atoms with van der Waals surface area (Å²) in [6, 6.07) is 9.24. The van der Waals surface area contributed by atoms with Crippen molar-refractivity contribution in [1.82, 2.24) is 4.90 Å². The molecule has 0 aromatic heterocycles. The van der Waals surface area contributed by atoms with Gasteiger partial charge in [-0.2, -0.15) is 0 Å². The fourth-order valence-corrected chi connectivity index (χ4v) is 4.02. The first-order chi connectivity index (χ1) is 15.3. The Morgan fingerprint density at radius 2 is 1.88 bits per heavy atom. The summed E-state index contributed by atoms with van der Waals surface area (Å²) in [7, 11) is 0. The number of esters is 1. The molecule has 3 rings (SSSR count). The van der Waals surface area contributed by atoms with Crippen molar-refractivity contribution in [2.24, 2.45) is 0 Å². The Morgan fingerprint density at radius 1 is 1.16 bits per heavy atom. The quantitative estimate of drug-likeness (QED) is 0.277. The number of rotatable bonds is 8. The van der Waals surface area contributed by atoms with Gasteiger partial charge < -0.3 is 15.0 Å². The number of amides is 2. The lowest BCUT2D eigenvalue weighted by molar-refractivity contribution is -0.384. The van der Waals surface area contributed by atoms with Gasteiger partial charge in [-0.15, -0.1) is 11.8 Å². The second-order valence-electron chi connectivity index (χ2n) is 6.92. The smallest absolute Gasteiger partial charge is 0.339 e. The molecule has 0 radical (unpaired) electrons. The van der Waals surface area contributed by atoms with Crippen molar-refractivity contribution >= 4 is 40.9 Å². The first kappa shape index (κ1) is 23.2. The maximum atomic E-state index is 13.8. The lowest BCUT2D eigenvalue weighted by atomic mass is 10.2. The van der Waals surface area contributed by atoms with Gasteiger partial charge in [-0.1, -0.05) is 12.1 Å². The van der Waals surface area contributed by atoms with Crippen molar-refractivity contribution in [3.05, 3.63) is 64.0 Å². The third kappa shape index (κ3) is 6.03. The van der Waals surface area contributed by atoms with Crippen molar-refractivity contribution in [3.8, 4) is 0 Å². The third-order valence-corrected chi connectivity index (χ3v) is 5.74. The highest BCUT2D eigenvalue weighted by Gasteiger charge is 2.20. The number of nitrogens with zero attached hydrogens (tertiary/aromatic N) is 2. The lowest BCUT2D eigenvalue weighted by Crippen LogP contribution is -2.29. The second-order valence-corrected chi connectivity index (χ2v) is 7.94. The van der Waals surface area contributed by atoms with E-state index in [4.69, 9.17) is 4.74 Å². The molecule has 1 fully saturated rings. The van der Waals surface area contributed by atoms with Gasteiger partial charge in [0.1, 0.15) is 5.82 Å². The average Bonchev–Trinajstić information content (AvgIpc) is 3.32. The van der Waals surface area contributed by atoms with E-state index in [2.05, 4.69) is 5.32 Å². The highest BCUT2D eigenvalue weighted by molar-refractivity contribution is 8.00. The molecule has 1 heterocycles. The van der Waals surface area contributed by atoms with Gasteiger partial charge in [0, 0.05) is 30.1 Å². The molecule has 0 saturated carbocycles. The predicted molar refractivity (Wildman–Crippen MR) is 115 cm³/mol. The van der Waals surface area contributed by atoms with E-state index >= 15 is 0 Å². The number of benzene rings is 2. The van der Waals surface area contributed by atoms with E-state index in [1.807, 2.05) is 0 Å². The number of ether oxygens (including phenoxy) is 1. The summed E-state index contributed by atoms with van der Waals surface area (Å²) in [6.45, 7) is 0.763. The molecule has 1 N–H and O–H groups in total. The van der Waals surface area contributed by atoms with E-state index < -0.39 is 40.6 Å². The maximum absolute atomic E-state index is 13.8. The van der Waals surface area contributed by atoms with Gasteiger partial charge in [0.2, 0.25) is 5.91 Å². The Balaban J connectivity index is 1.57. The van der Waals surface area contributed by atoms with Crippen LogP contribution in [0.1, 0.15) is 23.2 Å². The summed E-state index contributed by atoms with van der Waals surface area (Å²) in [4.78, 5) is 49.1. The van der Waals surface area contributed by atoms with Crippen LogP contribution in [-0.4, -0.2) is 53.1 Å². The molecule has 32 heavy (non-hydrogen) atoms. The van der Waals surface area contributed by atoms with Gasteiger partial charge in [-0.3, -0.25) is 19.7 Å².